The number of halogens is 3. The minimum Gasteiger partial charge on any atom is -0.495 e. The number of nitro benzene ring substituents is 1. The number of hydrogen-bond acceptors (Lipinski definition) is 4. The van der Waals surface area contributed by atoms with E-state index < -0.39 is 10.8 Å². The van der Waals surface area contributed by atoms with E-state index in [1.807, 2.05) is 0 Å². The molecule has 0 bridgehead atoms. The van der Waals surface area contributed by atoms with Crippen LogP contribution in [-0.2, 0) is 4.79 Å². The fourth-order valence-corrected chi connectivity index (χ4v) is 2.77. The van der Waals surface area contributed by atoms with Crippen molar-refractivity contribution in [3.63, 3.8) is 0 Å². The van der Waals surface area contributed by atoms with Gasteiger partial charge in [0.15, 0.2) is 0 Å². The van der Waals surface area contributed by atoms with Crippen molar-refractivity contribution in [2.75, 3.05) is 12.4 Å². The molecule has 0 saturated carbocycles. The van der Waals surface area contributed by atoms with Gasteiger partial charge in [-0.2, -0.15) is 0 Å². The molecule has 2 rings (SSSR count). The van der Waals surface area contributed by atoms with Crippen LogP contribution in [0.3, 0.4) is 0 Å². The predicted molar refractivity (Wildman–Crippen MR) is 98.8 cm³/mol. The highest BCUT2D eigenvalue weighted by atomic mass is 35.5. The fraction of sp³-hybridized carbons (Fsp3) is 0.0625. The van der Waals surface area contributed by atoms with Crippen LogP contribution in [-0.4, -0.2) is 17.9 Å². The van der Waals surface area contributed by atoms with E-state index in [0.29, 0.717) is 21.4 Å². The molecule has 0 aliphatic rings. The molecule has 0 saturated heterocycles. The second-order valence-corrected chi connectivity index (χ2v) is 6.01. The Bertz CT molecular complexity index is 869. The second kappa shape index (κ2) is 8.20. The molecule has 0 radical (unpaired) electrons. The molecular weight excluding hydrogens is 391 g/mol. The number of anilines is 1. The van der Waals surface area contributed by atoms with Gasteiger partial charge in [-0.15, -0.1) is 0 Å². The molecule has 0 spiro atoms. The number of amides is 1. The van der Waals surface area contributed by atoms with E-state index in [1.54, 1.807) is 6.07 Å². The molecule has 6 nitrogen and oxygen atoms in total. The maximum Gasteiger partial charge on any atom is 0.289 e. The largest absolute Gasteiger partial charge is 0.495 e. The Morgan fingerprint density at radius 2 is 1.92 bits per heavy atom. The van der Waals surface area contributed by atoms with Gasteiger partial charge in [0.1, 0.15) is 10.8 Å². The zero-order chi connectivity index (χ0) is 18.6. The van der Waals surface area contributed by atoms with Gasteiger partial charge in [0.2, 0.25) is 5.91 Å². The second-order valence-electron chi connectivity index (χ2n) is 4.76. The number of methoxy groups -OCH3 is 1. The lowest BCUT2D eigenvalue weighted by Crippen LogP contribution is -2.08. The summed E-state index contributed by atoms with van der Waals surface area (Å²) in [6.07, 6.45) is 2.70. The summed E-state index contributed by atoms with van der Waals surface area (Å²) >= 11 is 17.7. The third-order valence-electron chi connectivity index (χ3n) is 3.07. The van der Waals surface area contributed by atoms with Crippen LogP contribution in [0.4, 0.5) is 11.4 Å². The average molecular weight is 402 g/mol. The summed E-state index contributed by atoms with van der Waals surface area (Å²) in [6.45, 7) is 0. The van der Waals surface area contributed by atoms with Crippen LogP contribution in [0.5, 0.6) is 5.75 Å². The van der Waals surface area contributed by atoms with Crippen molar-refractivity contribution in [2.24, 2.45) is 0 Å². The lowest BCUT2D eigenvalue weighted by Gasteiger charge is -2.08. The van der Waals surface area contributed by atoms with E-state index in [1.165, 1.54) is 43.5 Å². The lowest BCUT2D eigenvalue weighted by atomic mass is 10.2. The van der Waals surface area contributed by atoms with Crippen molar-refractivity contribution in [1.29, 1.82) is 0 Å². The smallest absolute Gasteiger partial charge is 0.289 e. The van der Waals surface area contributed by atoms with Gasteiger partial charge in [-0.3, -0.25) is 14.9 Å². The van der Waals surface area contributed by atoms with Crippen molar-refractivity contribution in [3.05, 3.63) is 67.2 Å². The minimum absolute atomic E-state index is 0.0168. The highest BCUT2D eigenvalue weighted by Gasteiger charge is 2.13. The van der Waals surface area contributed by atoms with Gasteiger partial charge in [-0.05, 0) is 30.3 Å². The first-order valence-electron chi connectivity index (χ1n) is 6.78. The molecule has 25 heavy (non-hydrogen) atoms. The number of nitrogens with one attached hydrogen (secondary N) is 1. The third kappa shape index (κ3) is 4.85. The molecule has 1 amide bonds. The highest BCUT2D eigenvalue weighted by Crippen LogP contribution is 2.33. The zero-order valence-corrected chi connectivity index (χ0v) is 15.0. The van der Waals surface area contributed by atoms with Crippen LogP contribution in [0.15, 0.2) is 36.4 Å². The first-order chi connectivity index (χ1) is 11.8. The Labute approximate surface area is 158 Å². The van der Waals surface area contributed by atoms with Gasteiger partial charge in [0, 0.05) is 28.4 Å². The number of carbonyl (C=O) groups excluding carboxylic acids is 1. The van der Waals surface area contributed by atoms with Gasteiger partial charge < -0.3 is 10.1 Å². The zero-order valence-electron chi connectivity index (χ0n) is 12.8. The Balaban J connectivity index is 2.20. The monoisotopic (exact) mass is 400 g/mol. The Kier molecular flexibility index (Phi) is 6.25. The lowest BCUT2D eigenvalue weighted by molar-refractivity contribution is -0.384. The molecule has 0 aliphatic heterocycles. The SMILES string of the molecule is COc1c(Cl)cc(Cl)cc1/C=C/C(=O)Nc1ccc(Cl)c([N+](=O)[O-])c1. The van der Waals surface area contributed by atoms with Crippen molar-refractivity contribution < 1.29 is 14.5 Å². The summed E-state index contributed by atoms with van der Waals surface area (Å²) in [5, 5.41) is 14.0. The molecule has 130 valence electrons. The Hall–Kier alpha value is -2.28. The quantitative estimate of drug-likeness (QED) is 0.423. The first-order valence-corrected chi connectivity index (χ1v) is 7.91. The van der Waals surface area contributed by atoms with E-state index >= 15 is 0 Å². The Morgan fingerprint density at radius 3 is 2.56 bits per heavy atom. The summed E-state index contributed by atoms with van der Waals surface area (Å²) in [4.78, 5) is 22.2. The molecule has 0 aliphatic carbocycles. The van der Waals surface area contributed by atoms with E-state index in [9.17, 15) is 14.9 Å². The maximum absolute atomic E-state index is 12.0. The van der Waals surface area contributed by atoms with Gasteiger partial charge in [-0.1, -0.05) is 34.8 Å². The molecule has 1 N–H and O–H groups in total. The number of nitro groups is 1. The summed E-state index contributed by atoms with van der Waals surface area (Å²) in [5.74, 6) is -0.132. The predicted octanol–water partition coefficient (Wildman–Crippen LogP) is 5.22. The van der Waals surface area contributed by atoms with Gasteiger partial charge in [0.05, 0.1) is 17.1 Å². The number of nitrogens with zero attached hydrogens (tertiary/aromatic N) is 1. The van der Waals surface area contributed by atoms with Gasteiger partial charge >= 0.3 is 0 Å². The van der Waals surface area contributed by atoms with Crippen LogP contribution < -0.4 is 10.1 Å². The third-order valence-corrected chi connectivity index (χ3v) is 3.88. The van der Waals surface area contributed by atoms with Crippen LogP contribution in [0.2, 0.25) is 15.1 Å². The van der Waals surface area contributed by atoms with Crippen molar-refractivity contribution in [3.8, 4) is 5.75 Å². The molecule has 2 aromatic rings. The molecule has 0 atom stereocenters. The number of benzene rings is 2. The van der Waals surface area contributed by atoms with E-state index in [4.69, 9.17) is 39.5 Å². The average Bonchev–Trinajstić information content (AvgIpc) is 2.54. The van der Waals surface area contributed by atoms with E-state index in [-0.39, 0.29) is 16.4 Å². The standard InChI is InChI=1S/C16H11Cl3N2O4/c1-25-16-9(6-10(17)7-13(16)19)2-5-15(22)20-11-3-4-12(18)14(8-11)21(23)24/h2-8H,1H3,(H,20,22)/b5-2+. The first kappa shape index (κ1) is 19.1. The van der Waals surface area contributed by atoms with Gasteiger partial charge in [0.25, 0.3) is 5.69 Å². The topological polar surface area (TPSA) is 81.5 Å². The van der Waals surface area contributed by atoms with Crippen LogP contribution in [0, 0.1) is 10.1 Å². The molecule has 0 aromatic heterocycles. The van der Waals surface area contributed by atoms with Gasteiger partial charge in [-0.25, -0.2) is 0 Å². The number of hydrogen-bond donors (Lipinski definition) is 1. The summed E-state index contributed by atoms with van der Waals surface area (Å²) in [7, 11) is 1.44. The van der Waals surface area contributed by atoms with Crippen LogP contribution in [0.25, 0.3) is 6.08 Å². The molecule has 9 heteroatoms. The van der Waals surface area contributed by atoms with Crippen LogP contribution in [0.1, 0.15) is 5.56 Å². The van der Waals surface area contributed by atoms with Crippen molar-refractivity contribution in [2.45, 2.75) is 0 Å². The normalized spacial score (nSPS) is 10.7. The summed E-state index contributed by atoms with van der Waals surface area (Å²) in [6, 6.07) is 7.07. The fourth-order valence-electron chi connectivity index (χ4n) is 2.00. The molecule has 0 heterocycles. The summed E-state index contributed by atoms with van der Waals surface area (Å²) < 4.78 is 5.17. The minimum atomic E-state index is -0.632. The number of ether oxygens (including phenoxy) is 1. The van der Waals surface area contributed by atoms with Crippen molar-refractivity contribution in [1.82, 2.24) is 0 Å². The van der Waals surface area contributed by atoms with E-state index in [0.717, 1.165) is 0 Å². The van der Waals surface area contributed by atoms with Crippen molar-refractivity contribution >= 4 is 58.2 Å². The molecule has 2 aromatic carbocycles. The highest BCUT2D eigenvalue weighted by molar-refractivity contribution is 6.36. The molecule has 0 fully saturated rings. The van der Waals surface area contributed by atoms with Crippen LogP contribution >= 0.6 is 34.8 Å². The number of carbonyl (C=O) groups is 1. The number of rotatable bonds is 5. The molecular formula is C16H11Cl3N2O4. The maximum atomic E-state index is 12.0. The Morgan fingerprint density at radius 1 is 1.20 bits per heavy atom. The summed E-state index contributed by atoms with van der Waals surface area (Å²) in [5.41, 5.74) is 0.450. The molecule has 0 unspecified atom stereocenters. The van der Waals surface area contributed by atoms with E-state index in [2.05, 4.69) is 5.32 Å².